The summed E-state index contributed by atoms with van der Waals surface area (Å²) >= 11 is 1.71. The van der Waals surface area contributed by atoms with Crippen LogP contribution in [0.5, 0.6) is 0 Å². The van der Waals surface area contributed by atoms with Crippen molar-refractivity contribution in [1.82, 2.24) is 15.5 Å². The van der Waals surface area contributed by atoms with Gasteiger partial charge in [-0.05, 0) is 35.6 Å². The van der Waals surface area contributed by atoms with Crippen LogP contribution >= 0.6 is 11.3 Å². The highest BCUT2D eigenvalue weighted by molar-refractivity contribution is 7.13. The van der Waals surface area contributed by atoms with Crippen molar-refractivity contribution in [3.8, 4) is 10.6 Å². The van der Waals surface area contributed by atoms with E-state index in [1.807, 2.05) is 29.3 Å². The number of aromatic nitrogens is 2. The molecular weight excluding hydrogens is 332 g/mol. The zero-order chi connectivity index (χ0) is 17.1. The lowest BCUT2D eigenvalue weighted by atomic mass is 10.2. The molecule has 1 aromatic carbocycles. The van der Waals surface area contributed by atoms with Crippen LogP contribution in [0.3, 0.4) is 0 Å². The number of nitrogens with zero attached hydrogens (tertiary/aromatic N) is 2. The Bertz CT molecular complexity index is 839. The lowest BCUT2D eigenvalue weighted by molar-refractivity contribution is -0.117. The van der Waals surface area contributed by atoms with E-state index in [4.69, 9.17) is 0 Å². The van der Waals surface area contributed by atoms with Crippen molar-refractivity contribution >= 4 is 22.9 Å². The van der Waals surface area contributed by atoms with Crippen molar-refractivity contribution in [3.63, 3.8) is 0 Å². The Labute approximate surface area is 150 Å². The Hall–Kier alpha value is -2.44. The van der Waals surface area contributed by atoms with Crippen LogP contribution in [-0.2, 0) is 17.9 Å². The molecule has 4 rings (SSSR count). The number of amides is 1. The van der Waals surface area contributed by atoms with Gasteiger partial charge in [0, 0.05) is 37.3 Å². The highest BCUT2D eigenvalue weighted by atomic mass is 32.1. The Morgan fingerprint density at radius 2 is 2.08 bits per heavy atom. The average molecular weight is 352 g/mol. The maximum absolute atomic E-state index is 11.8. The van der Waals surface area contributed by atoms with E-state index in [1.54, 1.807) is 11.3 Å². The minimum Gasteiger partial charge on any atom is -0.312 e. The highest BCUT2D eigenvalue weighted by Gasteiger charge is 2.21. The Kier molecular flexibility index (Phi) is 4.63. The van der Waals surface area contributed by atoms with Crippen molar-refractivity contribution < 1.29 is 4.79 Å². The van der Waals surface area contributed by atoms with Gasteiger partial charge in [0.2, 0.25) is 5.91 Å². The normalized spacial score (nSPS) is 14.4. The number of benzene rings is 1. The summed E-state index contributed by atoms with van der Waals surface area (Å²) in [6.45, 7) is 2.38. The zero-order valence-corrected chi connectivity index (χ0v) is 14.7. The van der Waals surface area contributed by atoms with Crippen molar-refractivity contribution in [3.05, 3.63) is 59.1 Å². The van der Waals surface area contributed by atoms with Gasteiger partial charge in [0.15, 0.2) is 0 Å². The molecule has 0 atom stereocenters. The number of thiophene rings is 1. The Morgan fingerprint density at radius 1 is 1.20 bits per heavy atom. The number of hydrogen-bond donors (Lipinski definition) is 2. The molecule has 1 amide bonds. The molecule has 128 valence electrons. The quantitative estimate of drug-likeness (QED) is 0.713. The summed E-state index contributed by atoms with van der Waals surface area (Å²) in [6.07, 6.45) is 3.50. The van der Waals surface area contributed by atoms with E-state index in [1.165, 1.54) is 16.0 Å². The maximum atomic E-state index is 11.8. The van der Waals surface area contributed by atoms with Gasteiger partial charge in [-0.2, -0.15) is 5.10 Å². The van der Waals surface area contributed by atoms with Crippen molar-refractivity contribution in [2.75, 3.05) is 11.4 Å². The molecule has 2 aromatic heterocycles. The molecule has 2 N–H and O–H groups in total. The summed E-state index contributed by atoms with van der Waals surface area (Å²) in [5.41, 5.74) is 4.46. The minimum atomic E-state index is 0.229. The van der Waals surface area contributed by atoms with Crippen molar-refractivity contribution in [2.45, 2.75) is 25.9 Å². The third-order valence-electron chi connectivity index (χ3n) is 4.45. The molecule has 0 unspecified atom stereocenters. The zero-order valence-electron chi connectivity index (χ0n) is 13.9. The van der Waals surface area contributed by atoms with Crippen molar-refractivity contribution in [2.24, 2.45) is 0 Å². The van der Waals surface area contributed by atoms with E-state index in [2.05, 4.69) is 39.1 Å². The summed E-state index contributed by atoms with van der Waals surface area (Å²) in [7, 11) is 0. The number of hydrogen-bond acceptors (Lipinski definition) is 4. The van der Waals surface area contributed by atoms with Crippen LogP contribution in [0, 0.1) is 0 Å². The summed E-state index contributed by atoms with van der Waals surface area (Å²) in [6, 6.07) is 12.4. The number of carbonyl (C=O) groups excluding carboxylic acids is 1. The SMILES string of the molecule is O=C1CCCN1c1ccc(CNCc2cn[nH]c2-c2cccs2)cc1. The summed E-state index contributed by atoms with van der Waals surface area (Å²) in [5.74, 6) is 0.229. The third kappa shape index (κ3) is 3.50. The van der Waals surface area contributed by atoms with E-state index in [-0.39, 0.29) is 5.91 Å². The summed E-state index contributed by atoms with van der Waals surface area (Å²) in [5, 5.41) is 12.8. The smallest absolute Gasteiger partial charge is 0.227 e. The molecule has 25 heavy (non-hydrogen) atoms. The number of H-pyrrole nitrogens is 1. The lowest BCUT2D eigenvalue weighted by Gasteiger charge is -2.16. The second kappa shape index (κ2) is 7.21. The largest absolute Gasteiger partial charge is 0.312 e. The number of carbonyl (C=O) groups is 1. The number of aromatic amines is 1. The summed E-state index contributed by atoms with van der Waals surface area (Å²) < 4.78 is 0. The number of anilines is 1. The van der Waals surface area contributed by atoms with Crippen LogP contribution in [0.25, 0.3) is 10.6 Å². The van der Waals surface area contributed by atoms with Crippen LogP contribution < -0.4 is 10.2 Å². The van der Waals surface area contributed by atoms with Gasteiger partial charge in [-0.1, -0.05) is 18.2 Å². The molecule has 1 aliphatic rings. The van der Waals surface area contributed by atoms with E-state index in [0.717, 1.165) is 37.4 Å². The Balaban J connectivity index is 1.35. The molecule has 0 radical (unpaired) electrons. The molecule has 1 aliphatic heterocycles. The fourth-order valence-corrected chi connectivity index (χ4v) is 3.89. The second-order valence-electron chi connectivity index (χ2n) is 6.17. The highest BCUT2D eigenvalue weighted by Crippen LogP contribution is 2.26. The molecule has 0 aliphatic carbocycles. The standard InChI is InChI=1S/C19H20N4OS/c24-18-4-1-9-23(18)16-7-5-14(6-8-16)11-20-12-15-13-21-22-19(15)17-3-2-10-25-17/h2-3,5-8,10,13,20H,1,4,9,11-12H2,(H,21,22). The Morgan fingerprint density at radius 3 is 2.80 bits per heavy atom. The van der Waals surface area contributed by atoms with Crippen LogP contribution in [0.4, 0.5) is 5.69 Å². The molecule has 3 heterocycles. The first-order valence-electron chi connectivity index (χ1n) is 8.47. The number of nitrogens with one attached hydrogen (secondary N) is 2. The molecule has 5 nitrogen and oxygen atoms in total. The van der Waals surface area contributed by atoms with Gasteiger partial charge < -0.3 is 10.2 Å². The topological polar surface area (TPSA) is 61.0 Å². The van der Waals surface area contributed by atoms with Crippen LogP contribution in [0.1, 0.15) is 24.0 Å². The third-order valence-corrected chi connectivity index (χ3v) is 5.34. The van der Waals surface area contributed by atoms with Crippen LogP contribution in [0.2, 0.25) is 0 Å². The molecular formula is C19H20N4OS. The van der Waals surface area contributed by atoms with E-state index in [9.17, 15) is 4.79 Å². The number of rotatable bonds is 6. The maximum Gasteiger partial charge on any atom is 0.227 e. The fraction of sp³-hybridized carbons (Fsp3) is 0.263. The molecule has 0 spiro atoms. The predicted molar refractivity (Wildman–Crippen MR) is 100 cm³/mol. The molecule has 0 bridgehead atoms. The van der Waals surface area contributed by atoms with Gasteiger partial charge in [0.05, 0.1) is 16.8 Å². The molecule has 6 heteroatoms. The molecule has 0 saturated carbocycles. The lowest BCUT2D eigenvalue weighted by Crippen LogP contribution is -2.23. The first kappa shape index (κ1) is 16.1. The van der Waals surface area contributed by atoms with Crippen LogP contribution in [0.15, 0.2) is 48.0 Å². The fourth-order valence-electron chi connectivity index (χ4n) is 3.14. The van der Waals surface area contributed by atoms with Crippen molar-refractivity contribution in [1.29, 1.82) is 0 Å². The van der Waals surface area contributed by atoms with Gasteiger partial charge in [0.25, 0.3) is 0 Å². The van der Waals surface area contributed by atoms with Gasteiger partial charge in [-0.3, -0.25) is 9.89 Å². The second-order valence-corrected chi connectivity index (χ2v) is 7.11. The first-order valence-corrected chi connectivity index (χ1v) is 9.35. The van der Waals surface area contributed by atoms with E-state index < -0.39 is 0 Å². The predicted octanol–water partition coefficient (Wildman–Crippen LogP) is 3.55. The van der Waals surface area contributed by atoms with Gasteiger partial charge in [0.1, 0.15) is 0 Å². The van der Waals surface area contributed by atoms with Gasteiger partial charge in [-0.25, -0.2) is 0 Å². The molecule has 1 saturated heterocycles. The minimum absolute atomic E-state index is 0.229. The van der Waals surface area contributed by atoms with Gasteiger partial charge >= 0.3 is 0 Å². The monoisotopic (exact) mass is 352 g/mol. The van der Waals surface area contributed by atoms with E-state index in [0.29, 0.717) is 6.42 Å². The van der Waals surface area contributed by atoms with E-state index >= 15 is 0 Å². The summed E-state index contributed by atoms with van der Waals surface area (Å²) in [4.78, 5) is 14.9. The molecule has 3 aromatic rings. The van der Waals surface area contributed by atoms with Crippen LogP contribution in [-0.4, -0.2) is 22.6 Å². The average Bonchev–Trinajstić information content (AvgIpc) is 3.36. The first-order chi connectivity index (χ1) is 12.3. The van der Waals surface area contributed by atoms with Gasteiger partial charge in [-0.15, -0.1) is 11.3 Å². The molecule has 1 fully saturated rings.